The fourth-order valence-electron chi connectivity index (χ4n) is 5.18. The summed E-state index contributed by atoms with van der Waals surface area (Å²) in [4.78, 5) is 11.5. The molecule has 0 bridgehead atoms. The van der Waals surface area contributed by atoms with Gasteiger partial charge in [0.2, 0.25) is 5.88 Å². The number of hydrogen-bond acceptors (Lipinski definition) is 7. The Morgan fingerprint density at radius 2 is 1.92 bits per heavy atom. The average Bonchev–Trinajstić information content (AvgIpc) is 3.32. The lowest BCUT2D eigenvalue weighted by molar-refractivity contribution is 0.115. The molecule has 0 amide bonds. The van der Waals surface area contributed by atoms with Crippen LogP contribution < -0.4 is 4.74 Å². The summed E-state index contributed by atoms with van der Waals surface area (Å²) in [7, 11) is 3.31. The van der Waals surface area contributed by atoms with E-state index in [1.54, 1.807) is 25.0 Å². The van der Waals surface area contributed by atoms with Crippen molar-refractivity contribution in [2.45, 2.75) is 45.0 Å². The lowest BCUT2D eigenvalue weighted by atomic mass is 9.82. The summed E-state index contributed by atoms with van der Waals surface area (Å²) in [5.41, 5.74) is 3.03. The van der Waals surface area contributed by atoms with E-state index in [1.807, 2.05) is 44.2 Å². The number of nitrogens with zero attached hydrogens (tertiary/aromatic N) is 6. The second-order valence-electron chi connectivity index (χ2n) is 9.64. The van der Waals surface area contributed by atoms with Crippen LogP contribution in [0, 0.1) is 13.8 Å². The average molecular weight is 525 g/mol. The fraction of sp³-hybridized carbons (Fsp3) is 0.407. The van der Waals surface area contributed by atoms with Crippen LogP contribution in [0.5, 0.6) is 5.88 Å². The molecule has 0 saturated carbocycles. The number of pyridine rings is 2. The van der Waals surface area contributed by atoms with Gasteiger partial charge in [-0.05, 0) is 50.5 Å². The first-order valence-electron chi connectivity index (χ1n) is 12.3. The highest BCUT2D eigenvalue weighted by molar-refractivity contribution is 6.36. The zero-order valence-corrected chi connectivity index (χ0v) is 22.1. The van der Waals surface area contributed by atoms with E-state index < -0.39 is 11.8 Å². The third kappa shape index (κ3) is 4.56. The summed E-state index contributed by atoms with van der Waals surface area (Å²) in [5.74, 6) is 0.442. The summed E-state index contributed by atoms with van der Waals surface area (Å²) in [5, 5.41) is 21.7. The van der Waals surface area contributed by atoms with Gasteiger partial charge in [0.1, 0.15) is 6.17 Å². The monoisotopic (exact) mass is 524 g/mol. The predicted molar refractivity (Wildman–Crippen MR) is 140 cm³/mol. The third-order valence-electron chi connectivity index (χ3n) is 7.19. The minimum absolute atomic E-state index is 0.442. The number of aromatic nitrogens is 5. The van der Waals surface area contributed by atoms with Gasteiger partial charge in [0, 0.05) is 54.6 Å². The minimum Gasteiger partial charge on any atom is -0.481 e. The SMILES string of the molecule is COc1nc2ccc([C@@](O)(c3ccc(C)nc3C)c3cnnn3C)cc2c(Cl)c1CN1CCC(F)CC1. The number of fused-ring (bicyclic) bond motifs is 1. The lowest BCUT2D eigenvalue weighted by Gasteiger charge is -2.31. The predicted octanol–water partition coefficient (Wildman–Crippen LogP) is 4.26. The highest BCUT2D eigenvalue weighted by Gasteiger charge is 2.39. The van der Waals surface area contributed by atoms with Crippen LogP contribution in [-0.4, -0.2) is 61.3 Å². The van der Waals surface area contributed by atoms with Crippen molar-refractivity contribution >= 4 is 22.5 Å². The number of rotatable bonds is 6. The number of ether oxygens (including phenoxy) is 1. The maximum Gasteiger partial charge on any atom is 0.219 e. The highest BCUT2D eigenvalue weighted by Crippen LogP contribution is 2.41. The van der Waals surface area contributed by atoms with E-state index in [4.69, 9.17) is 21.3 Å². The molecule has 1 aliphatic heterocycles. The minimum atomic E-state index is -1.59. The van der Waals surface area contributed by atoms with Crippen molar-refractivity contribution in [1.82, 2.24) is 29.9 Å². The first-order valence-corrected chi connectivity index (χ1v) is 12.7. The summed E-state index contributed by atoms with van der Waals surface area (Å²) >= 11 is 7.01. The van der Waals surface area contributed by atoms with Crippen molar-refractivity contribution < 1.29 is 14.2 Å². The number of likely N-dealkylation sites (tertiary alicyclic amines) is 1. The lowest BCUT2D eigenvalue weighted by Crippen LogP contribution is -2.34. The van der Waals surface area contributed by atoms with Gasteiger partial charge in [-0.1, -0.05) is 28.9 Å². The van der Waals surface area contributed by atoms with Gasteiger partial charge in [-0.3, -0.25) is 9.88 Å². The molecule has 1 aliphatic rings. The Morgan fingerprint density at radius 3 is 2.57 bits per heavy atom. The maximum atomic E-state index is 13.7. The molecule has 10 heteroatoms. The van der Waals surface area contributed by atoms with Gasteiger partial charge in [0.25, 0.3) is 0 Å². The van der Waals surface area contributed by atoms with E-state index >= 15 is 0 Å². The topological polar surface area (TPSA) is 89.2 Å². The van der Waals surface area contributed by atoms with Crippen LogP contribution in [0.15, 0.2) is 36.5 Å². The van der Waals surface area contributed by atoms with Gasteiger partial charge in [-0.2, -0.15) is 0 Å². The van der Waals surface area contributed by atoms with Crippen LogP contribution in [0.2, 0.25) is 5.02 Å². The summed E-state index contributed by atoms with van der Waals surface area (Å²) in [6.45, 7) is 5.57. The van der Waals surface area contributed by atoms with E-state index in [2.05, 4.69) is 20.2 Å². The number of aliphatic hydroxyl groups is 1. The Labute approximate surface area is 220 Å². The molecule has 1 N–H and O–H groups in total. The van der Waals surface area contributed by atoms with Crippen LogP contribution in [0.3, 0.4) is 0 Å². The molecule has 8 nitrogen and oxygen atoms in total. The summed E-state index contributed by atoms with van der Waals surface area (Å²) in [6, 6.07) is 9.25. The van der Waals surface area contributed by atoms with Gasteiger partial charge in [0.05, 0.1) is 29.5 Å². The molecule has 1 fully saturated rings. The molecule has 5 rings (SSSR count). The van der Waals surface area contributed by atoms with Crippen molar-refractivity contribution in [3.05, 3.63) is 75.3 Å². The summed E-state index contributed by atoms with van der Waals surface area (Å²) < 4.78 is 20.8. The molecule has 4 aromatic rings. The van der Waals surface area contributed by atoms with E-state index in [9.17, 15) is 9.50 Å². The summed E-state index contributed by atoms with van der Waals surface area (Å²) in [6.07, 6.45) is 1.80. The third-order valence-corrected chi connectivity index (χ3v) is 7.62. The van der Waals surface area contributed by atoms with Gasteiger partial charge in [-0.25, -0.2) is 14.1 Å². The Bertz CT molecular complexity index is 1450. The number of piperidine rings is 1. The van der Waals surface area contributed by atoms with Gasteiger partial charge >= 0.3 is 0 Å². The molecule has 1 aromatic carbocycles. The van der Waals surface area contributed by atoms with Crippen LogP contribution >= 0.6 is 11.6 Å². The Balaban J connectivity index is 1.67. The quantitative estimate of drug-likeness (QED) is 0.403. The smallest absolute Gasteiger partial charge is 0.219 e. The van der Waals surface area contributed by atoms with E-state index in [-0.39, 0.29) is 0 Å². The Kier molecular flexibility index (Phi) is 6.87. The highest BCUT2D eigenvalue weighted by atomic mass is 35.5. The fourth-order valence-corrected chi connectivity index (χ4v) is 5.48. The number of benzene rings is 1. The number of alkyl halides is 1. The van der Waals surface area contributed by atoms with Gasteiger partial charge in [0.15, 0.2) is 5.60 Å². The van der Waals surface area contributed by atoms with Crippen LogP contribution in [0.4, 0.5) is 4.39 Å². The zero-order valence-electron chi connectivity index (χ0n) is 21.4. The molecule has 1 saturated heterocycles. The Morgan fingerprint density at radius 1 is 1.16 bits per heavy atom. The van der Waals surface area contributed by atoms with Crippen molar-refractivity contribution in [3.8, 4) is 5.88 Å². The molecular formula is C27H30ClFN6O2. The standard InChI is InChI=1S/C27H30ClFN6O2/c1-16-5-7-22(17(2)31-16)27(36,24-14-30-33-34(24)3)18-6-8-23-20(13-18)25(28)21(26(32-23)37-4)15-35-11-9-19(29)10-12-35/h5-8,13-14,19,36H,9-12,15H2,1-4H3/t27-/m1/s1. The molecule has 1 atom stereocenters. The molecule has 4 heterocycles. The first kappa shape index (κ1) is 25.5. The normalized spacial score (nSPS) is 16.7. The second kappa shape index (κ2) is 9.96. The van der Waals surface area contributed by atoms with Crippen LogP contribution in [-0.2, 0) is 19.2 Å². The molecule has 0 spiro atoms. The number of aryl methyl sites for hydroxylation is 3. The van der Waals surface area contributed by atoms with Crippen molar-refractivity contribution in [3.63, 3.8) is 0 Å². The van der Waals surface area contributed by atoms with Gasteiger partial charge < -0.3 is 9.84 Å². The number of hydrogen-bond donors (Lipinski definition) is 1. The molecule has 194 valence electrons. The molecule has 0 aliphatic carbocycles. The van der Waals surface area contributed by atoms with Gasteiger partial charge in [-0.15, -0.1) is 5.10 Å². The van der Waals surface area contributed by atoms with E-state index in [1.165, 1.54) is 0 Å². The molecular weight excluding hydrogens is 495 g/mol. The van der Waals surface area contributed by atoms with E-state index in [0.717, 1.165) is 11.3 Å². The van der Waals surface area contributed by atoms with Crippen molar-refractivity contribution in [2.75, 3.05) is 20.2 Å². The second-order valence-corrected chi connectivity index (χ2v) is 10.0. The Hall–Kier alpha value is -3.14. The zero-order chi connectivity index (χ0) is 26.3. The molecule has 37 heavy (non-hydrogen) atoms. The van der Waals surface area contributed by atoms with E-state index in [0.29, 0.717) is 76.8 Å². The van der Waals surface area contributed by atoms with Crippen molar-refractivity contribution in [1.29, 1.82) is 0 Å². The van der Waals surface area contributed by atoms with Crippen LogP contribution in [0.25, 0.3) is 10.9 Å². The molecule has 0 unspecified atom stereocenters. The van der Waals surface area contributed by atoms with Crippen molar-refractivity contribution in [2.24, 2.45) is 7.05 Å². The maximum absolute atomic E-state index is 13.7. The molecule has 3 aromatic heterocycles. The first-order chi connectivity index (χ1) is 17.7. The van der Waals surface area contributed by atoms with Crippen LogP contribution in [0.1, 0.15) is 46.6 Å². The number of halogens is 2. The molecule has 0 radical (unpaired) electrons. The number of methoxy groups -OCH3 is 1. The largest absolute Gasteiger partial charge is 0.481 e.